The summed E-state index contributed by atoms with van der Waals surface area (Å²) in [5.41, 5.74) is 0.948. The van der Waals surface area contributed by atoms with Crippen LogP contribution in [0, 0.1) is 5.92 Å². The van der Waals surface area contributed by atoms with E-state index in [-0.39, 0.29) is 6.09 Å². The molecule has 0 saturated carbocycles. The Morgan fingerprint density at radius 3 is 2.58 bits per heavy atom. The van der Waals surface area contributed by atoms with E-state index in [1.807, 2.05) is 25.7 Å². The summed E-state index contributed by atoms with van der Waals surface area (Å²) in [6.07, 6.45) is 5.54. The first-order valence-corrected chi connectivity index (χ1v) is 12.8. The van der Waals surface area contributed by atoms with E-state index in [1.165, 1.54) is 12.4 Å². The first-order valence-electron chi connectivity index (χ1n) is 12.8. The van der Waals surface area contributed by atoms with Crippen molar-refractivity contribution in [1.82, 2.24) is 34.2 Å². The minimum atomic E-state index is -2.74. The first kappa shape index (κ1) is 26.1. The Morgan fingerprint density at radius 2 is 1.92 bits per heavy atom. The van der Waals surface area contributed by atoms with Gasteiger partial charge in [-0.05, 0) is 39.5 Å². The van der Waals surface area contributed by atoms with Gasteiger partial charge in [-0.15, -0.1) is 0 Å². The van der Waals surface area contributed by atoms with Crippen molar-refractivity contribution < 1.29 is 23.0 Å². The molecule has 38 heavy (non-hydrogen) atoms. The van der Waals surface area contributed by atoms with Crippen LogP contribution in [-0.4, -0.2) is 91.8 Å². The Labute approximate surface area is 218 Å². The second-order valence-corrected chi connectivity index (χ2v) is 10.5. The third-order valence-electron chi connectivity index (χ3n) is 6.57. The Morgan fingerprint density at radius 1 is 1.18 bits per heavy atom. The highest BCUT2D eigenvalue weighted by atomic mass is 19.3. The van der Waals surface area contributed by atoms with Gasteiger partial charge in [-0.25, -0.2) is 14.5 Å². The minimum absolute atomic E-state index is 0.280. The lowest BCUT2D eigenvalue weighted by molar-refractivity contribution is 0.0188. The maximum atomic E-state index is 13.1. The van der Waals surface area contributed by atoms with E-state index in [2.05, 4.69) is 15.4 Å². The number of hydrogen-bond donors (Lipinski definition) is 1. The van der Waals surface area contributed by atoms with E-state index in [1.54, 1.807) is 15.8 Å². The van der Waals surface area contributed by atoms with E-state index in [0.29, 0.717) is 85.2 Å². The van der Waals surface area contributed by atoms with Crippen LogP contribution in [-0.2, 0) is 9.47 Å². The van der Waals surface area contributed by atoms with E-state index in [0.717, 1.165) is 12.8 Å². The van der Waals surface area contributed by atoms with Crippen molar-refractivity contribution in [1.29, 1.82) is 0 Å². The SMILES string of the molecule is CC(C)(C)OC(=O)N1CCC(CNc2nc(N3CCOCC3)nc3c2ncn3-c2cnn(C(F)F)c2)CC1. The molecule has 3 aromatic rings. The highest BCUT2D eigenvalue weighted by Gasteiger charge is 2.27. The lowest BCUT2D eigenvalue weighted by Gasteiger charge is -2.33. The second-order valence-electron chi connectivity index (χ2n) is 10.5. The van der Waals surface area contributed by atoms with Gasteiger partial charge >= 0.3 is 12.6 Å². The third kappa shape index (κ3) is 5.79. The number of anilines is 2. The number of likely N-dealkylation sites (tertiary alicyclic amines) is 1. The summed E-state index contributed by atoms with van der Waals surface area (Å²) in [7, 11) is 0. The van der Waals surface area contributed by atoms with Gasteiger partial charge in [0.15, 0.2) is 17.0 Å². The fourth-order valence-electron chi connectivity index (χ4n) is 4.55. The zero-order chi connectivity index (χ0) is 26.9. The standard InChI is InChI=1S/C24H33F2N9O3/c1-24(2,3)38-23(36)33-6-4-16(5-7-33)12-27-19-18-20(31-22(30-19)32-8-10-37-11-9-32)34(15-28-18)17-13-29-35(14-17)21(25)26/h13-16,21H,4-12H2,1-3H3,(H,27,30,31). The van der Waals surface area contributed by atoms with Gasteiger partial charge in [-0.1, -0.05) is 0 Å². The number of halogens is 2. The summed E-state index contributed by atoms with van der Waals surface area (Å²) in [5, 5.41) is 7.19. The lowest BCUT2D eigenvalue weighted by atomic mass is 9.97. The minimum Gasteiger partial charge on any atom is -0.444 e. The topological polar surface area (TPSA) is 115 Å². The van der Waals surface area contributed by atoms with Crippen LogP contribution in [0.15, 0.2) is 18.7 Å². The molecule has 2 aliphatic rings. The number of imidazole rings is 1. The summed E-state index contributed by atoms with van der Waals surface area (Å²) in [4.78, 5) is 30.2. The largest absolute Gasteiger partial charge is 0.444 e. The van der Waals surface area contributed by atoms with Crippen LogP contribution in [0.25, 0.3) is 16.9 Å². The van der Waals surface area contributed by atoms with Crippen LogP contribution in [0.3, 0.4) is 0 Å². The number of nitrogens with one attached hydrogen (secondary N) is 1. The van der Waals surface area contributed by atoms with Crippen molar-refractivity contribution in [2.45, 2.75) is 45.8 Å². The van der Waals surface area contributed by atoms with Crippen molar-refractivity contribution in [3.05, 3.63) is 18.7 Å². The number of hydrogen-bond acceptors (Lipinski definition) is 9. The molecular formula is C24H33F2N9O3. The molecule has 0 atom stereocenters. The molecule has 0 aliphatic carbocycles. The molecular weight excluding hydrogens is 500 g/mol. The molecule has 1 N–H and O–H groups in total. The number of fused-ring (bicyclic) bond motifs is 1. The average Bonchev–Trinajstić information content (AvgIpc) is 3.54. The number of alkyl halides is 2. The van der Waals surface area contributed by atoms with Gasteiger partial charge in [0.05, 0.1) is 31.3 Å². The second kappa shape index (κ2) is 10.7. The number of aromatic nitrogens is 6. The molecule has 2 saturated heterocycles. The predicted molar refractivity (Wildman–Crippen MR) is 136 cm³/mol. The van der Waals surface area contributed by atoms with Gasteiger partial charge in [0.2, 0.25) is 5.95 Å². The Kier molecular flexibility index (Phi) is 7.32. The Bertz CT molecular complexity index is 1260. The maximum absolute atomic E-state index is 13.1. The molecule has 206 valence electrons. The van der Waals surface area contributed by atoms with Crippen LogP contribution in [0.2, 0.25) is 0 Å². The molecule has 0 bridgehead atoms. The number of ether oxygens (including phenoxy) is 2. The van der Waals surface area contributed by atoms with E-state index >= 15 is 0 Å². The summed E-state index contributed by atoms with van der Waals surface area (Å²) < 4.78 is 39.4. The van der Waals surface area contributed by atoms with Crippen molar-refractivity contribution in [2.24, 2.45) is 5.92 Å². The van der Waals surface area contributed by atoms with Gasteiger partial charge < -0.3 is 24.6 Å². The fourth-order valence-corrected chi connectivity index (χ4v) is 4.55. The normalized spacial score (nSPS) is 17.4. The number of rotatable bonds is 6. The molecule has 1 amide bonds. The summed E-state index contributed by atoms with van der Waals surface area (Å²) in [6.45, 7) is 7.18. The molecule has 5 rings (SSSR count). The van der Waals surface area contributed by atoms with Crippen LogP contribution >= 0.6 is 0 Å². The smallest absolute Gasteiger partial charge is 0.410 e. The molecule has 0 radical (unpaired) electrons. The summed E-state index contributed by atoms with van der Waals surface area (Å²) >= 11 is 0. The van der Waals surface area contributed by atoms with Gasteiger partial charge in [0.25, 0.3) is 0 Å². The van der Waals surface area contributed by atoms with Gasteiger partial charge in [-0.3, -0.25) is 4.57 Å². The molecule has 2 aliphatic heterocycles. The quantitative estimate of drug-likeness (QED) is 0.510. The fraction of sp³-hybridized carbons (Fsp3) is 0.625. The highest BCUT2D eigenvalue weighted by molar-refractivity contribution is 5.85. The van der Waals surface area contributed by atoms with Crippen molar-refractivity contribution in [3.63, 3.8) is 0 Å². The molecule has 0 spiro atoms. The van der Waals surface area contributed by atoms with E-state index in [9.17, 15) is 13.6 Å². The molecule has 2 fully saturated rings. The van der Waals surface area contributed by atoms with Crippen LogP contribution in [0.5, 0.6) is 0 Å². The Hall–Kier alpha value is -3.55. The number of carbonyl (C=O) groups is 1. The van der Waals surface area contributed by atoms with Crippen molar-refractivity contribution in [3.8, 4) is 5.69 Å². The third-order valence-corrected chi connectivity index (χ3v) is 6.57. The van der Waals surface area contributed by atoms with Crippen molar-refractivity contribution >= 4 is 29.0 Å². The molecule has 12 nitrogen and oxygen atoms in total. The number of nitrogens with zero attached hydrogens (tertiary/aromatic N) is 8. The molecule has 5 heterocycles. The summed E-state index contributed by atoms with van der Waals surface area (Å²) in [5.74, 6) is 1.43. The molecule has 3 aromatic heterocycles. The lowest BCUT2D eigenvalue weighted by Crippen LogP contribution is -2.42. The average molecular weight is 534 g/mol. The number of carbonyl (C=O) groups excluding carboxylic acids is 1. The van der Waals surface area contributed by atoms with Gasteiger partial charge in [0.1, 0.15) is 11.9 Å². The number of amides is 1. The summed E-state index contributed by atoms with van der Waals surface area (Å²) in [6, 6.07) is 0. The number of morpholine rings is 1. The van der Waals surface area contributed by atoms with Crippen LogP contribution < -0.4 is 10.2 Å². The first-order chi connectivity index (χ1) is 18.2. The van der Waals surface area contributed by atoms with Crippen molar-refractivity contribution in [2.75, 3.05) is 56.2 Å². The Balaban J connectivity index is 1.34. The molecule has 14 heteroatoms. The highest BCUT2D eigenvalue weighted by Crippen LogP contribution is 2.27. The van der Waals surface area contributed by atoms with E-state index in [4.69, 9.17) is 19.4 Å². The van der Waals surface area contributed by atoms with Crippen LogP contribution in [0.4, 0.5) is 25.3 Å². The van der Waals surface area contributed by atoms with Gasteiger partial charge in [-0.2, -0.15) is 23.8 Å². The number of piperidine rings is 1. The van der Waals surface area contributed by atoms with E-state index < -0.39 is 12.2 Å². The molecule has 0 unspecified atom stereocenters. The maximum Gasteiger partial charge on any atom is 0.410 e. The molecule has 0 aromatic carbocycles. The van der Waals surface area contributed by atoms with Crippen LogP contribution in [0.1, 0.15) is 40.2 Å². The predicted octanol–water partition coefficient (Wildman–Crippen LogP) is 3.30. The zero-order valence-corrected chi connectivity index (χ0v) is 21.8. The van der Waals surface area contributed by atoms with Gasteiger partial charge in [0, 0.05) is 32.7 Å². The zero-order valence-electron chi connectivity index (χ0n) is 21.8. The monoisotopic (exact) mass is 533 g/mol.